The number of hydrogen-bond acceptors (Lipinski definition) is 3. The fourth-order valence-corrected chi connectivity index (χ4v) is 4.05. The third-order valence-electron chi connectivity index (χ3n) is 5.52. The van der Waals surface area contributed by atoms with Gasteiger partial charge in [0.05, 0.1) is 0 Å². The second kappa shape index (κ2) is 7.34. The van der Waals surface area contributed by atoms with Gasteiger partial charge in [-0.3, -0.25) is 9.59 Å². The molecule has 1 aromatic carbocycles. The van der Waals surface area contributed by atoms with Crippen molar-refractivity contribution in [3.63, 3.8) is 0 Å². The van der Waals surface area contributed by atoms with E-state index in [0.29, 0.717) is 31.3 Å². The molecule has 0 radical (unpaired) electrons. The summed E-state index contributed by atoms with van der Waals surface area (Å²) in [6.45, 7) is 4.23. The Labute approximate surface area is 143 Å². The van der Waals surface area contributed by atoms with Crippen LogP contribution in [0.4, 0.5) is 0 Å². The SMILES string of the molecule is CC(=O)N(CCC(=O)N1CC2CCC(N)C2C1)Cc1ccccc1. The second-order valence-electron chi connectivity index (χ2n) is 7.14. The molecule has 1 aliphatic carbocycles. The topological polar surface area (TPSA) is 66.6 Å². The van der Waals surface area contributed by atoms with Crippen molar-refractivity contribution in [3.05, 3.63) is 35.9 Å². The average molecular weight is 329 g/mol. The van der Waals surface area contributed by atoms with Gasteiger partial charge in [0.1, 0.15) is 0 Å². The minimum absolute atomic E-state index is 0.00645. The molecule has 2 N–H and O–H groups in total. The lowest BCUT2D eigenvalue weighted by molar-refractivity contribution is -0.133. The molecule has 5 heteroatoms. The maximum atomic E-state index is 12.5. The number of carbonyl (C=O) groups excluding carboxylic acids is 2. The van der Waals surface area contributed by atoms with Crippen LogP contribution in [0.15, 0.2) is 30.3 Å². The molecule has 1 heterocycles. The largest absolute Gasteiger partial charge is 0.342 e. The third kappa shape index (κ3) is 3.78. The Kier molecular flexibility index (Phi) is 5.19. The van der Waals surface area contributed by atoms with E-state index in [2.05, 4.69) is 0 Å². The van der Waals surface area contributed by atoms with Crippen LogP contribution >= 0.6 is 0 Å². The van der Waals surface area contributed by atoms with Crippen molar-refractivity contribution in [2.45, 2.75) is 38.8 Å². The van der Waals surface area contributed by atoms with E-state index in [9.17, 15) is 9.59 Å². The molecule has 0 spiro atoms. The van der Waals surface area contributed by atoms with E-state index in [0.717, 1.165) is 31.5 Å². The predicted octanol–water partition coefficient (Wildman–Crippen LogP) is 1.62. The highest BCUT2D eigenvalue weighted by molar-refractivity contribution is 5.78. The summed E-state index contributed by atoms with van der Waals surface area (Å²) in [5, 5.41) is 0. The van der Waals surface area contributed by atoms with Gasteiger partial charge in [-0.15, -0.1) is 0 Å². The van der Waals surface area contributed by atoms with Crippen LogP contribution in [0.5, 0.6) is 0 Å². The predicted molar refractivity (Wildman–Crippen MR) is 92.9 cm³/mol. The van der Waals surface area contributed by atoms with E-state index in [1.165, 1.54) is 0 Å². The first kappa shape index (κ1) is 17.0. The number of rotatable bonds is 5. The summed E-state index contributed by atoms with van der Waals surface area (Å²) in [4.78, 5) is 28.1. The van der Waals surface area contributed by atoms with Gasteiger partial charge in [-0.1, -0.05) is 30.3 Å². The molecule has 3 unspecified atom stereocenters. The summed E-state index contributed by atoms with van der Waals surface area (Å²) < 4.78 is 0. The smallest absolute Gasteiger partial charge is 0.224 e. The van der Waals surface area contributed by atoms with Gasteiger partial charge in [0.25, 0.3) is 0 Å². The molecule has 130 valence electrons. The Morgan fingerprint density at radius 1 is 1.21 bits per heavy atom. The number of nitrogens with zero attached hydrogens (tertiary/aromatic N) is 2. The summed E-state index contributed by atoms with van der Waals surface area (Å²) in [7, 11) is 0. The van der Waals surface area contributed by atoms with Crippen LogP contribution in [0.3, 0.4) is 0 Å². The molecule has 3 rings (SSSR count). The van der Waals surface area contributed by atoms with E-state index in [-0.39, 0.29) is 17.9 Å². The molecule has 0 bridgehead atoms. The number of benzene rings is 1. The molecule has 3 atom stereocenters. The van der Waals surface area contributed by atoms with Crippen molar-refractivity contribution in [3.8, 4) is 0 Å². The van der Waals surface area contributed by atoms with Crippen LogP contribution in [-0.2, 0) is 16.1 Å². The highest BCUT2D eigenvalue weighted by atomic mass is 16.2. The molecule has 5 nitrogen and oxygen atoms in total. The van der Waals surface area contributed by atoms with Crippen LogP contribution in [0.25, 0.3) is 0 Å². The first-order chi connectivity index (χ1) is 11.5. The zero-order valence-electron chi connectivity index (χ0n) is 14.4. The molecule has 0 aromatic heterocycles. The molecular formula is C19H27N3O2. The number of likely N-dealkylation sites (tertiary alicyclic amines) is 1. The van der Waals surface area contributed by atoms with Crippen molar-refractivity contribution in [2.24, 2.45) is 17.6 Å². The lowest BCUT2D eigenvalue weighted by atomic mass is 9.98. The highest BCUT2D eigenvalue weighted by Gasteiger charge is 2.42. The van der Waals surface area contributed by atoms with E-state index < -0.39 is 0 Å². The van der Waals surface area contributed by atoms with E-state index in [1.807, 2.05) is 35.2 Å². The Balaban J connectivity index is 1.51. The van der Waals surface area contributed by atoms with Gasteiger partial charge >= 0.3 is 0 Å². The first-order valence-corrected chi connectivity index (χ1v) is 8.87. The maximum absolute atomic E-state index is 12.5. The zero-order valence-corrected chi connectivity index (χ0v) is 14.4. The average Bonchev–Trinajstić information content (AvgIpc) is 3.14. The van der Waals surface area contributed by atoms with Gasteiger partial charge < -0.3 is 15.5 Å². The molecule has 1 saturated heterocycles. The summed E-state index contributed by atoms with van der Waals surface area (Å²) in [5.74, 6) is 1.21. The Morgan fingerprint density at radius 3 is 2.62 bits per heavy atom. The molecule has 1 aliphatic heterocycles. The Morgan fingerprint density at radius 2 is 1.96 bits per heavy atom. The number of nitrogens with two attached hydrogens (primary N) is 1. The van der Waals surface area contributed by atoms with Crippen LogP contribution in [0.1, 0.15) is 31.7 Å². The standard InChI is InChI=1S/C19H27N3O2/c1-14(23)21(11-15-5-3-2-4-6-15)10-9-19(24)22-12-16-7-8-18(20)17(16)13-22/h2-6,16-18H,7-13,20H2,1H3. The molecule has 2 amide bonds. The Bertz CT molecular complexity index is 590. The zero-order chi connectivity index (χ0) is 17.1. The van der Waals surface area contributed by atoms with Gasteiger partial charge in [-0.05, 0) is 30.2 Å². The van der Waals surface area contributed by atoms with Crippen LogP contribution < -0.4 is 5.73 Å². The van der Waals surface area contributed by atoms with Gasteiger partial charge in [0.2, 0.25) is 11.8 Å². The van der Waals surface area contributed by atoms with Gasteiger partial charge in [0.15, 0.2) is 0 Å². The summed E-state index contributed by atoms with van der Waals surface area (Å²) >= 11 is 0. The van der Waals surface area contributed by atoms with Gasteiger partial charge in [-0.2, -0.15) is 0 Å². The quantitative estimate of drug-likeness (QED) is 0.893. The monoisotopic (exact) mass is 329 g/mol. The highest BCUT2D eigenvalue weighted by Crippen LogP contribution is 2.37. The van der Waals surface area contributed by atoms with Crippen LogP contribution in [0.2, 0.25) is 0 Å². The van der Waals surface area contributed by atoms with Gasteiger partial charge in [-0.25, -0.2) is 0 Å². The van der Waals surface area contributed by atoms with Gasteiger partial charge in [0, 0.05) is 45.6 Å². The summed E-state index contributed by atoms with van der Waals surface area (Å²) in [6, 6.07) is 10.1. The summed E-state index contributed by atoms with van der Waals surface area (Å²) in [6.07, 6.45) is 2.62. The van der Waals surface area contributed by atoms with Crippen LogP contribution in [0, 0.1) is 11.8 Å². The van der Waals surface area contributed by atoms with E-state index in [4.69, 9.17) is 5.73 Å². The minimum Gasteiger partial charge on any atom is -0.342 e. The van der Waals surface area contributed by atoms with Crippen molar-refractivity contribution in [1.82, 2.24) is 9.80 Å². The first-order valence-electron chi connectivity index (χ1n) is 8.87. The van der Waals surface area contributed by atoms with Crippen molar-refractivity contribution in [2.75, 3.05) is 19.6 Å². The van der Waals surface area contributed by atoms with E-state index in [1.54, 1.807) is 11.8 Å². The number of carbonyl (C=O) groups is 2. The minimum atomic E-state index is 0.00645. The number of amides is 2. The molecule has 1 saturated carbocycles. The molecule has 24 heavy (non-hydrogen) atoms. The lowest BCUT2D eigenvalue weighted by Gasteiger charge is -2.23. The lowest BCUT2D eigenvalue weighted by Crippen LogP contribution is -2.36. The van der Waals surface area contributed by atoms with Crippen molar-refractivity contribution >= 4 is 11.8 Å². The van der Waals surface area contributed by atoms with Crippen molar-refractivity contribution < 1.29 is 9.59 Å². The molecular weight excluding hydrogens is 302 g/mol. The maximum Gasteiger partial charge on any atom is 0.224 e. The number of hydrogen-bond donors (Lipinski definition) is 1. The van der Waals surface area contributed by atoms with Crippen molar-refractivity contribution in [1.29, 1.82) is 0 Å². The fraction of sp³-hybridized carbons (Fsp3) is 0.579. The summed E-state index contributed by atoms with van der Waals surface area (Å²) in [5.41, 5.74) is 7.22. The Hall–Kier alpha value is -1.88. The third-order valence-corrected chi connectivity index (χ3v) is 5.52. The molecule has 2 aliphatic rings. The molecule has 1 aromatic rings. The number of fused-ring (bicyclic) bond motifs is 1. The second-order valence-corrected chi connectivity index (χ2v) is 7.14. The van der Waals surface area contributed by atoms with Crippen LogP contribution in [-0.4, -0.2) is 47.3 Å². The fourth-order valence-electron chi connectivity index (χ4n) is 4.05. The van der Waals surface area contributed by atoms with E-state index >= 15 is 0 Å². The normalized spacial score (nSPS) is 25.6. The molecule has 2 fully saturated rings.